The van der Waals surface area contributed by atoms with E-state index in [2.05, 4.69) is 5.32 Å². The molecule has 8 nitrogen and oxygen atoms in total. The second kappa shape index (κ2) is 8.41. The number of piperidine rings is 1. The minimum atomic E-state index is -0.758. The average Bonchev–Trinajstić information content (AvgIpc) is 2.89. The predicted octanol–water partition coefficient (Wildman–Crippen LogP) is 1.90. The number of carboxylic acid groups (broad SMARTS) is 1. The number of aliphatic carboxylic acids is 1. The molecule has 1 aromatic heterocycles. The second-order valence-electron chi connectivity index (χ2n) is 7.31. The average molecular weight is 387 g/mol. The van der Waals surface area contributed by atoms with E-state index < -0.39 is 17.9 Å². The number of unbranched alkanes of at least 4 members (excludes halogenated alkanes) is 3. The van der Waals surface area contributed by atoms with Crippen LogP contribution in [0.5, 0.6) is 0 Å². The van der Waals surface area contributed by atoms with Crippen molar-refractivity contribution in [3.8, 4) is 0 Å². The molecule has 1 aliphatic rings. The molecule has 1 aliphatic heterocycles. The highest BCUT2D eigenvalue weighted by atomic mass is 16.4. The first-order valence-electron chi connectivity index (χ1n) is 9.64. The smallest absolute Gasteiger partial charge is 0.329 e. The van der Waals surface area contributed by atoms with Gasteiger partial charge in [0.15, 0.2) is 0 Å². The summed E-state index contributed by atoms with van der Waals surface area (Å²) in [7, 11) is 1.68. The Labute approximate surface area is 162 Å². The number of carbonyl (C=O) groups is 3. The lowest BCUT2D eigenvalue weighted by atomic mass is 10.0. The van der Waals surface area contributed by atoms with Gasteiger partial charge in [0.1, 0.15) is 6.04 Å². The van der Waals surface area contributed by atoms with Crippen molar-refractivity contribution in [3.05, 3.63) is 34.2 Å². The molecule has 8 heteroatoms. The number of hydrogen-bond acceptors (Lipinski definition) is 4. The Bertz CT molecular complexity index is 972. The maximum atomic E-state index is 12.7. The van der Waals surface area contributed by atoms with Gasteiger partial charge in [-0.25, -0.2) is 4.79 Å². The van der Waals surface area contributed by atoms with Crippen LogP contribution in [-0.2, 0) is 27.9 Å². The van der Waals surface area contributed by atoms with Crippen LogP contribution in [0.25, 0.3) is 11.0 Å². The van der Waals surface area contributed by atoms with Crippen LogP contribution in [0.3, 0.4) is 0 Å². The lowest BCUT2D eigenvalue weighted by Gasteiger charge is -2.21. The number of hydrogen-bond donors (Lipinski definition) is 2. The number of imide groups is 1. The number of benzene rings is 1. The molecule has 3 rings (SSSR count). The van der Waals surface area contributed by atoms with Crippen LogP contribution in [0.2, 0.25) is 0 Å². The van der Waals surface area contributed by atoms with Gasteiger partial charge in [-0.15, -0.1) is 0 Å². The minimum absolute atomic E-state index is 0.210. The van der Waals surface area contributed by atoms with Crippen molar-refractivity contribution in [2.45, 2.75) is 57.4 Å². The van der Waals surface area contributed by atoms with Gasteiger partial charge >= 0.3 is 11.7 Å². The number of amides is 2. The number of fused-ring (bicyclic) bond motifs is 1. The second-order valence-corrected chi connectivity index (χ2v) is 7.31. The molecule has 0 spiro atoms. The fraction of sp³-hybridized carbons (Fsp3) is 0.500. The molecule has 2 aromatic rings. The summed E-state index contributed by atoms with van der Waals surface area (Å²) in [5, 5.41) is 11.0. The SMILES string of the molecule is Cn1c(=O)n(C2CCC(=O)NC2=O)c2ccc(CCCCCCC(=O)O)cc21. The third-order valence-corrected chi connectivity index (χ3v) is 5.28. The van der Waals surface area contributed by atoms with Gasteiger partial charge in [-0.2, -0.15) is 0 Å². The Morgan fingerprint density at radius 2 is 1.89 bits per heavy atom. The van der Waals surface area contributed by atoms with E-state index in [1.54, 1.807) is 7.05 Å². The van der Waals surface area contributed by atoms with Crippen molar-refractivity contribution < 1.29 is 19.5 Å². The van der Waals surface area contributed by atoms with Crippen molar-refractivity contribution >= 4 is 28.8 Å². The third-order valence-electron chi connectivity index (χ3n) is 5.28. The fourth-order valence-electron chi connectivity index (χ4n) is 3.75. The molecule has 0 bridgehead atoms. The topological polar surface area (TPSA) is 110 Å². The molecule has 0 saturated carbocycles. The number of carboxylic acids is 1. The summed E-state index contributed by atoms with van der Waals surface area (Å²) in [4.78, 5) is 46.8. The van der Waals surface area contributed by atoms with Gasteiger partial charge in [-0.1, -0.05) is 18.9 Å². The number of aryl methyl sites for hydroxylation is 2. The Hall–Kier alpha value is -2.90. The van der Waals surface area contributed by atoms with E-state index in [4.69, 9.17) is 5.11 Å². The first kappa shape index (κ1) is 19.9. The van der Waals surface area contributed by atoms with Crippen LogP contribution in [0, 0.1) is 0 Å². The van der Waals surface area contributed by atoms with Crippen molar-refractivity contribution in [1.82, 2.24) is 14.5 Å². The number of nitrogens with one attached hydrogen (secondary N) is 1. The summed E-state index contributed by atoms with van der Waals surface area (Å²) in [6.07, 6.45) is 5.09. The van der Waals surface area contributed by atoms with Crippen LogP contribution in [0.15, 0.2) is 23.0 Å². The number of aromatic nitrogens is 2. The summed E-state index contributed by atoms with van der Waals surface area (Å²) < 4.78 is 3.02. The highest BCUT2D eigenvalue weighted by Gasteiger charge is 2.31. The molecular weight excluding hydrogens is 362 g/mol. The Morgan fingerprint density at radius 1 is 1.14 bits per heavy atom. The largest absolute Gasteiger partial charge is 0.481 e. The van der Waals surface area contributed by atoms with E-state index >= 15 is 0 Å². The molecule has 1 unspecified atom stereocenters. The van der Waals surface area contributed by atoms with Crippen LogP contribution in [-0.4, -0.2) is 32.0 Å². The highest BCUT2D eigenvalue weighted by Crippen LogP contribution is 2.24. The monoisotopic (exact) mass is 387 g/mol. The number of nitrogens with zero attached hydrogens (tertiary/aromatic N) is 2. The number of rotatable bonds is 8. The lowest BCUT2D eigenvalue weighted by molar-refractivity contribution is -0.137. The molecule has 2 N–H and O–H groups in total. The fourth-order valence-corrected chi connectivity index (χ4v) is 3.75. The molecule has 28 heavy (non-hydrogen) atoms. The predicted molar refractivity (Wildman–Crippen MR) is 103 cm³/mol. The molecule has 1 saturated heterocycles. The lowest BCUT2D eigenvalue weighted by Crippen LogP contribution is -2.44. The van der Waals surface area contributed by atoms with E-state index in [1.165, 1.54) is 9.13 Å². The summed E-state index contributed by atoms with van der Waals surface area (Å²) in [5.74, 6) is -1.50. The summed E-state index contributed by atoms with van der Waals surface area (Å²) in [6, 6.07) is 5.12. The van der Waals surface area contributed by atoms with E-state index in [0.29, 0.717) is 18.4 Å². The van der Waals surface area contributed by atoms with E-state index in [-0.39, 0.29) is 24.4 Å². The highest BCUT2D eigenvalue weighted by molar-refractivity contribution is 6.00. The zero-order chi connectivity index (χ0) is 20.3. The molecule has 150 valence electrons. The standard InChI is InChI=1S/C20H25N3O5/c1-22-16-12-13(6-4-2-3-5-7-18(25)26)8-9-14(16)23(20(22)28)15-10-11-17(24)21-19(15)27/h8-9,12,15H,2-7,10-11H2,1H3,(H,25,26)(H,21,24,27). The minimum Gasteiger partial charge on any atom is -0.481 e. The van der Waals surface area contributed by atoms with Crippen LogP contribution in [0.1, 0.15) is 56.6 Å². The summed E-state index contributed by atoms with van der Waals surface area (Å²) >= 11 is 0. The summed E-state index contributed by atoms with van der Waals surface area (Å²) in [6.45, 7) is 0. The van der Waals surface area contributed by atoms with Crippen molar-refractivity contribution in [3.63, 3.8) is 0 Å². The van der Waals surface area contributed by atoms with Crippen molar-refractivity contribution in [1.29, 1.82) is 0 Å². The third kappa shape index (κ3) is 4.16. The molecule has 0 aliphatic carbocycles. The molecular formula is C20H25N3O5. The molecule has 2 amide bonds. The molecule has 0 radical (unpaired) electrons. The maximum Gasteiger partial charge on any atom is 0.329 e. The normalized spacial score (nSPS) is 17.1. The summed E-state index contributed by atoms with van der Waals surface area (Å²) in [5.41, 5.74) is 2.28. The van der Waals surface area contributed by atoms with E-state index in [0.717, 1.165) is 36.8 Å². The Morgan fingerprint density at radius 3 is 2.61 bits per heavy atom. The zero-order valence-electron chi connectivity index (χ0n) is 15.9. The zero-order valence-corrected chi connectivity index (χ0v) is 15.9. The first-order chi connectivity index (χ1) is 13.4. The van der Waals surface area contributed by atoms with Crippen LogP contribution < -0.4 is 11.0 Å². The van der Waals surface area contributed by atoms with Crippen molar-refractivity contribution in [2.24, 2.45) is 7.05 Å². The molecule has 1 atom stereocenters. The van der Waals surface area contributed by atoms with Gasteiger partial charge in [0.2, 0.25) is 11.8 Å². The maximum absolute atomic E-state index is 12.7. The number of carbonyl (C=O) groups excluding carboxylic acids is 2. The Kier molecular flexibility index (Phi) is 5.96. The van der Waals surface area contributed by atoms with E-state index in [9.17, 15) is 19.2 Å². The Balaban J connectivity index is 1.74. The molecule has 1 aromatic carbocycles. The van der Waals surface area contributed by atoms with Gasteiger partial charge in [-0.3, -0.25) is 28.8 Å². The van der Waals surface area contributed by atoms with Gasteiger partial charge in [0.25, 0.3) is 0 Å². The number of imidazole rings is 1. The van der Waals surface area contributed by atoms with Crippen LogP contribution >= 0.6 is 0 Å². The quantitative estimate of drug-likeness (QED) is 0.531. The van der Waals surface area contributed by atoms with Gasteiger partial charge in [0.05, 0.1) is 11.0 Å². The van der Waals surface area contributed by atoms with Crippen molar-refractivity contribution in [2.75, 3.05) is 0 Å². The molecule has 2 heterocycles. The van der Waals surface area contributed by atoms with Gasteiger partial charge < -0.3 is 5.11 Å². The first-order valence-corrected chi connectivity index (χ1v) is 9.64. The van der Waals surface area contributed by atoms with Crippen LogP contribution in [0.4, 0.5) is 0 Å². The van der Waals surface area contributed by atoms with Gasteiger partial charge in [0, 0.05) is 19.9 Å². The van der Waals surface area contributed by atoms with E-state index in [1.807, 2.05) is 18.2 Å². The molecule has 1 fully saturated rings. The van der Waals surface area contributed by atoms with Gasteiger partial charge in [-0.05, 0) is 43.4 Å².